The normalized spacial score (nSPS) is 14.2. The lowest BCUT2D eigenvalue weighted by atomic mass is 10.1. The summed E-state index contributed by atoms with van der Waals surface area (Å²) in [6.45, 7) is 5.56. The van der Waals surface area contributed by atoms with Crippen molar-refractivity contribution < 1.29 is 37.3 Å². The topological polar surface area (TPSA) is 91.3 Å². The van der Waals surface area contributed by atoms with Crippen LogP contribution in [0.15, 0.2) is 12.2 Å². The number of hydrogen-bond donors (Lipinski definition) is 1. The third-order valence-corrected chi connectivity index (χ3v) is 8.56. The minimum Gasteiger partial charge on any atom is -0.457 e. The van der Waals surface area contributed by atoms with Crippen LogP contribution in [-0.4, -0.2) is 75.6 Å². The van der Waals surface area contributed by atoms with Gasteiger partial charge in [0.15, 0.2) is 0 Å². The van der Waals surface area contributed by atoms with Crippen molar-refractivity contribution in [1.82, 2.24) is 0 Å². The van der Waals surface area contributed by atoms with Crippen molar-refractivity contribution >= 4 is 13.8 Å². The van der Waals surface area contributed by atoms with Crippen LogP contribution in [0.3, 0.4) is 0 Å². The molecule has 44 heavy (non-hydrogen) atoms. The third-order valence-electron chi connectivity index (χ3n) is 7.58. The lowest BCUT2D eigenvalue weighted by Gasteiger charge is -2.24. The number of likely N-dealkylation sites (N-methyl/N-ethyl adjacent to an activating group) is 1. The molecule has 0 aromatic carbocycles. The minimum absolute atomic E-state index is 0.0891. The van der Waals surface area contributed by atoms with E-state index in [2.05, 4.69) is 26.0 Å². The summed E-state index contributed by atoms with van der Waals surface area (Å²) < 4.78 is 34.6. The standard InChI is InChI=1S/C35H70NO7P/c1-6-8-10-12-14-15-16-17-18-19-20-21-22-23-24-26-28-35(37)43-34(32-40-30-27-25-13-11-9-7-2)33-42-44(38,39)41-31-29-36(3,4)5/h18-19,34H,6-17,20-33H2,1-5H3/p+1/b19-18-. The quantitative estimate of drug-likeness (QED) is 0.0249. The summed E-state index contributed by atoms with van der Waals surface area (Å²) in [6, 6.07) is 0. The van der Waals surface area contributed by atoms with Crippen LogP contribution in [0, 0.1) is 0 Å². The van der Waals surface area contributed by atoms with Crippen LogP contribution in [0.5, 0.6) is 0 Å². The molecule has 0 aliphatic heterocycles. The largest absolute Gasteiger partial charge is 0.472 e. The molecule has 0 amide bonds. The molecule has 0 bridgehead atoms. The Kier molecular flexibility index (Phi) is 29.1. The minimum atomic E-state index is -4.25. The molecule has 0 aromatic rings. The van der Waals surface area contributed by atoms with Gasteiger partial charge in [-0.25, -0.2) is 4.57 Å². The molecule has 0 heterocycles. The van der Waals surface area contributed by atoms with Crippen molar-refractivity contribution in [3.8, 4) is 0 Å². The zero-order valence-electron chi connectivity index (χ0n) is 29.4. The third kappa shape index (κ3) is 32.6. The number of rotatable bonds is 33. The first-order valence-corrected chi connectivity index (χ1v) is 19.4. The summed E-state index contributed by atoms with van der Waals surface area (Å²) in [6.07, 6.45) is 28.2. The van der Waals surface area contributed by atoms with E-state index in [9.17, 15) is 14.3 Å². The number of phosphoric acid groups is 1. The van der Waals surface area contributed by atoms with Gasteiger partial charge in [-0.1, -0.05) is 116 Å². The van der Waals surface area contributed by atoms with Crippen LogP contribution in [0.4, 0.5) is 0 Å². The smallest absolute Gasteiger partial charge is 0.457 e. The van der Waals surface area contributed by atoms with Crippen LogP contribution in [0.2, 0.25) is 0 Å². The van der Waals surface area contributed by atoms with Crippen molar-refractivity contribution in [1.29, 1.82) is 0 Å². The summed E-state index contributed by atoms with van der Waals surface area (Å²) in [4.78, 5) is 22.6. The fourth-order valence-corrected chi connectivity index (χ4v) is 5.46. The molecule has 0 spiro atoms. The van der Waals surface area contributed by atoms with Crippen molar-refractivity contribution in [2.75, 3.05) is 54.1 Å². The molecule has 0 aliphatic rings. The SMILES string of the molecule is CCCCCCCCC/C=C\CCCCCCCC(=O)OC(COCCCCCCCC)COP(=O)(O)OCC[N+](C)(C)C. The number of quaternary nitrogens is 1. The van der Waals surface area contributed by atoms with Crippen LogP contribution in [0.25, 0.3) is 0 Å². The van der Waals surface area contributed by atoms with Crippen molar-refractivity contribution in [3.05, 3.63) is 12.2 Å². The van der Waals surface area contributed by atoms with E-state index in [0.29, 0.717) is 24.1 Å². The van der Waals surface area contributed by atoms with Gasteiger partial charge in [-0.2, -0.15) is 0 Å². The van der Waals surface area contributed by atoms with Crippen LogP contribution >= 0.6 is 7.82 Å². The molecule has 0 fully saturated rings. The predicted octanol–water partition coefficient (Wildman–Crippen LogP) is 9.54. The first-order chi connectivity index (χ1) is 21.1. The maximum absolute atomic E-state index is 12.5. The van der Waals surface area contributed by atoms with Gasteiger partial charge in [0, 0.05) is 13.0 Å². The van der Waals surface area contributed by atoms with E-state index in [1.165, 1.54) is 89.9 Å². The van der Waals surface area contributed by atoms with Crippen molar-refractivity contribution in [2.45, 2.75) is 155 Å². The van der Waals surface area contributed by atoms with Crippen LogP contribution in [-0.2, 0) is 27.9 Å². The zero-order chi connectivity index (χ0) is 32.8. The van der Waals surface area contributed by atoms with E-state index in [1.54, 1.807) is 0 Å². The van der Waals surface area contributed by atoms with Crippen LogP contribution in [0.1, 0.15) is 149 Å². The van der Waals surface area contributed by atoms with Gasteiger partial charge in [0.05, 0.1) is 34.4 Å². The number of hydrogen-bond acceptors (Lipinski definition) is 6. The zero-order valence-corrected chi connectivity index (χ0v) is 30.3. The Morgan fingerprint density at radius 1 is 0.682 bits per heavy atom. The van der Waals surface area contributed by atoms with Gasteiger partial charge in [0.1, 0.15) is 19.3 Å². The Bertz CT molecular complexity index is 726. The number of carbonyl (C=O) groups excluding carboxylic acids is 1. The Hall–Kier alpha value is -0.760. The van der Waals surface area contributed by atoms with Gasteiger partial charge in [0.25, 0.3) is 0 Å². The first-order valence-electron chi connectivity index (χ1n) is 17.9. The molecule has 2 atom stereocenters. The van der Waals surface area contributed by atoms with Gasteiger partial charge < -0.3 is 18.9 Å². The molecule has 0 radical (unpaired) electrons. The molecule has 0 aromatic heterocycles. The molecule has 0 rings (SSSR count). The summed E-state index contributed by atoms with van der Waals surface area (Å²) in [5.41, 5.74) is 0. The molecule has 0 saturated heterocycles. The molecule has 1 N–H and O–H groups in total. The maximum atomic E-state index is 12.5. The van der Waals surface area contributed by atoms with E-state index < -0.39 is 13.9 Å². The molecule has 0 aliphatic carbocycles. The van der Waals surface area contributed by atoms with Crippen molar-refractivity contribution in [2.24, 2.45) is 0 Å². The van der Waals surface area contributed by atoms with Gasteiger partial charge in [0.2, 0.25) is 0 Å². The highest BCUT2D eigenvalue weighted by Crippen LogP contribution is 2.43. The molecule has 262 valence electrons. The molecule has 9 heteroatoms. The maximum Gasteiger partial charge on any atom is 0.472 e. The Morgan fingerprint density at radius 2 is 1.18 bits per heavy atom. The molecular weight excluding hydrogens is 577 g/mol. The number of esters is 1. The average Bonchev–Trinajstić information content (AvgIpc) is 2.96. The highest BCUT2D eigenvalue weighted by molar-refractivity contribution is 7.47. The summed E-state index contributed by atoms with van der Waals surface area (Å²) >= 11 is 0. The van der Waals surface area contributed by atoms with Crippen LogP contribution < -0.4 is 0 Å². The highest BCUT2D eigenvalue weighted by Gasteiger charge is 2.26. The number of phosphoric ester groups is 1. The Labute approximate surface area is 271 Å². The Morgan fingerprint density at radius 3 is 1.73 bits per heavy atom. The van der Waals surface area contributed by atoms with Gasteiger partial charge in [-0.3, -0.25) is 13.8 Å². The van der Waals surface area contributed by atoms with E-state index >= 15 is 0 Å². The summed E-state index contributed by atoms with van der Waals surface area (Å²) in [7, 11) is 1.66. The van der Waals surface area contributed by atoms with Gasteiger partial charge >= 0.3 is 13.8 Å². The number of carbonyl (C=O) groups is 1. The fraction of sp³-hybridized carbons (Fsp3) is 0.914. The number of unbranched alkanes of at least 4 members (excludes halogenated alkanes) is 17. The summed E-state index contributed by atoms with van der Waals surface area (Å²) in [5, 5.41) is 0. The highest BCUT2D eigenvalue weighted by atomic mass is 31.2. The van der Waals surface area contributed by atoms with E-state index in [0.717, 1.165) is 38.5 Å². The first kappa shape index (κ1) is 43.2. The van der Waals surface area contributed by atoms with E-state index in [-0.39, 0.29) is 25.8 Å². The lowest BCUT2D eigenvalue weighted by molar-refractivity contribution is -0.870. The van der Waals surface area contributed by atoms with Gasteiger partial charge in [-0.05, 0) is 38.5 Å². The number of allylic oxidation sites excluding steroid dienone is 2. The Balaban J connectivity index is 4.22. The van der Waals surface area contributed by atoms with Gasteiger partial charge in [-0.15, -0.1) is 0 Å². The number of nitrogens with zero attached hydrogens (tertiary/aromatic N) is 1. The molecule has 8 nitrogen and oxygen atoms in total. The molecule has 2 unspecified atom stereocenters. The molecule has 0 saturated carbocycles. The predicted molar refractivity (Wildman–Crippen MR) is 183 cm³/mol. The van der Waals surface area contributed by atoms with Crippen molar-refractivity contribution in [3.63, 3.8) is 0 Å². The number of ether oxygens (including phenoxy) is 2. The lowest BCUT2D eigenvalue weighted by Crippen LogP contribution is -2.37. The monoisotopic (exact) mass is 648 g/mol. The van der Waals surface area contributed by atoms with E-state index in [1.807, 2.05) is 21.1 Å². The summed E-state index contributed by atoms with van der Waals surface area (Å²) in [5.74, 6) is -0.325. The second kappa shape index (κ2) is 29.6. The van der Waals surface area contributed by atoms with E-state index in [4.69, 9.17) is 18.5 Å². The molecular formula is C35H71NO7P+. The second-order valence-electron chi connectivity index (χ2n) is 13.3. The fourth-order valence-electron chi connectivity index (χ4n) is 4.72. The second-order valence-corrected chi connectivity index (χ2v) is 14.7. The average molecular weight is 649 g/mol.